The molecule has 9 nitrogen and oxygen atoms in total. The zero-order chi connectivity index (χ0) is 23.7. The van der Waals surface area contributed by atoms with E-state index in [0.29, 0.717) is 37.2 Å². The van der Waals surface area contributed by atoms with E-state index in [4.69, 9.17) is 9.47 Å². The number of hydrogen-bond donors (Lipinski definition) is 1. The number of halogens is 1. The predicted octanol–water partition coefficient (Wildman–Crippen LogP) is 2.69. The highest BCUT2D eigenvalue weighted by Crippen LogP contribution is 2.33. The Morgan fingerprint density at radius 2 is 1.71 bits per heavy atom. The topological polar surface area (TPSA) is 91.4 Å². The number of benzene rings is 2. The van der Waals surface area contributed by atoms with Crippen molar-refractivity contribution in [2.24, 2.45) is 0 Å². The second kappa shape index (κ2) is 9.63. The lowest BCUT2D eigenvalue weighted by Crippen LogP contribution is -2.51. The zero-order valence-electron chi connectivity index (χ0n) is 18.6. The Labute approximate surface area is 205 Å². The Hall–Kier alpha value is -3.11. The van der Waals surface area contributed by atoms with E-state index >= 15 is 0 Å². The summed E-state index contributed by atoms with van der Waals surface area (Å²) >= 11 is 3.33. The number of carbonyl (C=O) groups is 3. The summed E-state index contributed by atoms with van der Waals surface area (Å²) in [6, 6.07) is 10.9. The van der Waals surface area contributed by atoms with Gasteiger partial charge in [0.15, 0.2) is 11.5 Å². The van der Waals surface area contributed by atoms with Crippen molar-refractivity contribution in [3.8, 4) is 11.5 Å². The third kappa shape index (κ3) is 4.60. The summed E-state index contributed by atoms with van der Waals surface area (Å²) < 4.78 is 11.6. The molecule has 4 amide bonds. The van der Waals surface area contributed by atoms with Crippen LogP contribution in [0.5, 0.6) is 11.5 Å². The van der Waals surface area contributed by atoms with Crippen LogP contribution >= 0.6 is 15.9 Å². The number of amides is 4. The van der Waals surface area contributed by atoms with Crippen molar-refractivity contribution in [2.75, 3.05) is 46.1 Å². The van der Waals surface area contributed by atoms with Gasteiger partial charge in [-0.1, -0.05) is 22.0 Å². The number of hydrogen-bond acceptors (Lipinski definition) is 6. The van der Waals surface area contributed by atoms with Gasteiger partial charge in [-0.2, -0.15) is 0 Å². The average molecular weight is 529 g/mol. The fraction of sp³-hybridized carbons (Fsp3) is 0.375. The van der Waals surface area contributed by atoms with Crippen LogP contribution in [-0.4, -0.2) is 78.6 Å². The third-order valence-corrected chi connectivity index (χ3v) is 6.76. The van der Waals surface area contributed by atoms with Crippen LogP contribution in [0.4, 0.5) is 4.79 Å². The van der Waals surface area contributed by atoms with Gasteiger partial charge in [0.25, 0.3) is 11.8 Å². The molecule has 0 aliphatic carbocycles. The molecule has 3 aliphatic rings. The molecule has 0 bridgehead atoms. The van der Waals surface area contributed by atoms with E-state index in [1.807, 2.05) is 18.2 Å². The summed E-state index contributed by atoms with van der Waals surface area (Å²) in [5, 5.41) is 2.91. The Morgan fingerprint density at radius 1 is 0.941 bits per heavy atom. The van der Waals surface area contributed by atoms with Crippen molar-refractivity contribution in [3.05, 3.63) is 57.6 Å². The normalized spacial score (nSPS) is 17.3. The molecule has 178 valence electrons. The Kier molecular flexibility index (Phi) is 6.42. The molecule has 0 radical (unpaired) electrons. The number of piperazine rings is 1. The first-order valence-electron chi connectivity index (χ1n) is 11.3. The van der Waals surface area contributed by atoms with E-state index in [-0.39, 0.29) is 31.2 Å². The molecule has 10 heteroatoms. The van der Waals surface area contributed by atoms with Crippen LogP contribution in [0.3, 0.4) is 0 Å². The molecule has 1 fully saturated rings. The standard InChI is InChI=1S/C24H25BrN4O5/c25-17-3-4-18-19(13-17)23(31)29(22(18)30)7-1-6-26-24(32)28-10-8-27(9-11-28)14-16-2-5-20-21(12-16)34-15-33-20/h2-5,12-13H,1,6-11,14-15H2,(H,26,32). The first kappa shape index (κ1) is 22.7. The number of ether oxygens (including phenoxy) is 2. The average Bonchev–Trinajstić information content (AvgIpc) is 3.39. The highest BCUT2D eigenvalue weighted by molar-refractivity contribution is 9.10. The van der Waals surface area contributed by atoms with Gasteiger partial charge in [-0.15, -0.1) is 0 Å². The zero-order valence-corrected chi connectivity index (χ0v) is 20.2. The van der Waals surface area contributed by atoms with Gasteiger partial charge in [0, 0.05) is 50.3 Å². The minimum absolute atomic E-state index is 0.117. The van der Waals surface area contributed by atoms with E-state index < -0.39 is 0 Å². The second-order valence-corrected chi connectivity index (χ2v) is 9.40. The molecule has 5 rings (SSSR count). The van der Waals surface area contributed by atoms with Crippen molar-refractivity contribution in [2.45, 2.75) is 13.0 Å². The summed E-state index contributed by atoms with van der Waals surface area (Å²) in [6.07, 6.45) is 0.502. The summed E-state index contributed by atoms with van der Waals surface area (Å²) in [7, 11) is 0. The van der Waals surface area contributed by atoms with Crippen molar-refractivity contribution in [3.63, 3.8) is 0 Å². The molecule has 0 atom stereocenters. The highest BCUT2D eigenvalue weighted by Gasteiger charge is 2.35. The number of urea groups is 1. The molecule has 2 aromatic carbocycles. The van der Waals surface area contributed by atoms with Crippen LogP contribution in [0, 0.1) is 0 Å². The lowest BCUT2D eigenvalue weighted by atomic mass is 10.1. The molecule has 0 spiro atoms. The minimum Gasteiger partial charge on any atom is -0.454 e. The molecule has 3 aliphatic heterocycles. The highest BCUT2D eigenvalue weighted by atomic mass is 79.9. The molecule has 3 heterocycles. The smallest absolute Gasteiger partial charge is 0.317 e. The molecule has 0 saturated carbocycles. The molecular weight excluding hydrogens is 504 g/mol. The number of rotatable bonds is 6. The summed E-state index contributed by atoms with van der Waals surface area (Å²) in [5.74, 6) is 0.995. The lowest BCUT2D eigenvalue weighted by Gasteiger charge is -2.34. The lowest BCUT2D eigenvalue weighted by molar-refractivity contribution is 0.0653. The number of nitrogens with zero attached hydrogens (tertiary/aromatic N) is 3. The summed E-state index contributed by atoms with van der Waals surface area (Å²) in [6.45, 7) is 4.58. The fourth-order valence-electron chi connectivity index (χ4n) is 4.42. The largest absolute Gasteiger partial charge is 0.454 e. The van der Waals surface area contributed by atoms with Crippen molar-refractivity contribution >= 4 is 33.8 Å². The predicted molar refractivity (Wildman–Crippen MR) is 127 cm³/mol. The van der Waals surface area contributed by atoms with Gasteiger partial charge < -0.3 is 19.7 Å². The fourth-order valence-corrected chi connectivity index (χ4v) is 4.78. The minimum atomic E-state index is -0.286. The quantitative estimate of drug-likeness (QED) is 0.457. The first-order valence-corrected chi connectivity index (χ1v) is 12.1. The van der Waals surface area contributed by atoms with Gasteiger partial charge in [-0.3, -0.25) is 19.4 Å². The maximum atomic E-state index is 12.5. The molecular formula is C24H25BrN4O5. The van der Waals surface area contributed by atoms with E-state index in [1.165, 1.54) is 4.90 Å². The number of imide groups is 1. The molecule has 1 saturated heterocycles. The van der Waals surface area contributed by atoms with Crippen LogP contribution in [0.1, 0.15) is 32.7 Å². The van der Waals surface area contributed by atoms with Crippen molar-refractivity contribution in [1.82, 2.24) is 20.0 Å². The van der Waals surface area contributed by atoms with Gasteiger partial charge in [-0.25, -0.2) is 4.79 Å². The van der Waals surface area contributed by atoms with Crippen LogP contribution in [0.25, 0.3) is 0 Å². The van der Waals surface area contributed by atoms with E-state index in [9.17, 15) is 14.4 Å². The Balaban J connectivity index is 1.03. The maximum absolute atomic E-state index is 12.5. The Morgan fingerprint density at radius 3 is 2.53 bits per heavy atom. The van der Waals surface area contributed by atoms with Crippen LogP contribution in [0.2, 0.25) is 0 Å². The monoisotopic (exact) mass is 528 g/mol. The van der Waals surface area contributed by atoms with Crippen molar-refractivity contribution < 1.29 is 23.9 Å². The van der Waals surface area contributed by atoms with Gasteiger partial charge in [0.2, 0.25) is 6.79 Å². The molecule has 0 aromatic heterocycles. The maximum Gasteiger partial charge on any atom is 0.317 e. The van der Waals surface area contributed by atoms with Gasteiger partial charge in [-0.05, 0) is 42.3 Å². The molecule has 34 heavy (non-hydrogen) atoms. The summed E-state index contributed by atoms with van der Waals surface area (Å²) in [4.78, 5) is 42.9. The number of nitrogens with one attached hydrogen (secondary N) is 1. The van der Waals surface area contributed by atoms with E-state index in [2.05, 4.69) is 26.1 Å². The second-order valence-electron chi connectivity index (χ2n) is 8.49. The Bertz CT molecular complexity index is 1130. The number of carbonyl (C=O) groups excluding carboxylic acids is 3. The third-order valence-electron chi connectivity index (χ3n) is 6.27. The van der Waals surface area contributed by atoms with Gasteiger partial charge in [0.05, 0.1) is 11.1 Å². The first-order chi connectivity index (χ1) is 16.5. The van der Waals surface area contributed by atoms with Crippen LogP contribution in [-0.2, 0) is 6.54 Å². The number of fused-ring (bicyclic) bond motifs is 2. The SMILES string of the molecule is O=C(NCCCN1C(=O)c2ccc(Br)cc2C1=O)N1CCN(Cc2ccc3c(c2)OCO3)CC1. The van der Waals surface area contributed by atoms with Crippen LogP contribution < -0.4 is 14.8 Å². The van der Waals surface area contributed by atoms with Gasteiger partial charge in [0.1, 0.15) is 0 Å². The van der Waals surface area contributed by atoms with Crippen molar-refractivity contribution in [1.29, 1.82) is 0 Å². The summed E-state index contributed by atoms with van der Waals surface area (Å²) in [5.41, 5.74) is 2.00. The van der Waals surface area contributed by atoms with Crippen LogP contribution in [0.15, 0.2) is 40.9 Å². The molecule has 1 N–H and O–H groups in total. The molecule has 2 aromatic rings. The van der Waals surface area contributed by atoms with Gasteiger partial charge >= 0.3 is 6.03 Å². The van der Waals surface area contributed by atoms with E-state index in [1.54, 1.807) is 23.1 Å². The molecule has 0 unspecified atom stereocenters. The van der Waals surface area contributed by atoms with E-state index in [0.717, 1.165) is 41.2 Å².